The molecular weight excluding hydrogens is 222 g/mol. The van der Waals surface area contributed by atoms with Gasteiger partial charge in [-0.1, -0.05) is 42.5 Å². The second kappa shape index (κ2) is 6.05. The van der Waals surface area contributed by atoms with Crippen molar-refractivity contribution in [2.45, 2.75) is 19.3 Å². The molecule has 0 radical (unpaired) electrons. The summed E-state index contributed by atoms with van der Waals surface area (Å²) < 4.78 is 0. The van der Waals surface area contributed by atoms with E-state index in [1.807, 2.05) is 0 Å². The van der Waals surface area contributed by atoms with Crippen LogP contribution in [-0.2, 0) is 6.42 Å². The highest BCUT2D eigenvalue weighted by molar-refractivity contribution is 5.82. The van der Waals surface area contributed by atoms with Gasteiger partial charge in [0.1, 0.15) is 0 Å². The highest BCUT2D eigenvalue weighted by Gasteiger charge is 1.96. The molecule has 0 aliphatic rings. The van der Waals surface area contributed by atoms with Crippen LogP contribution in [0.15, 0.2) is 47.5 Å². The van der Waals surface area contributed by atoms with Crippen LogP contribution in [0.5, 0.6) is 0 Å². The van der Waals surface area contributed by atoms with E-state index in [2.05, 4.69) is 47.5 Å². The van der Waals surface area contributed by atoms with Crippen LogP contribution < -0.4 is 11.5 Å². The van der Waals surface area contributed by atoms with Gasteiger partial charge in [0.25, 0.3) is 0 Å². The van der Waals surface area contributed by atoms with Crippen molar-refractivity contribution in [3.8, 4) is 0 Å². The van der Waals surface area contributed by atoms with E-state index in [4.69, 9.17) is 11.5 Å². The SMILES string of the molecule is NC(N)=NCCCCc1ccc2ccccc2c1. The highest BCUT2D eigenvalue weighted by atomic mass is 15.0. The number of unbranched alkanes of at least 4 members (excludes halogenated alkanes) is 1. The summed E-state index contributed by atoms with van der Waals surface area (Å²) in [5.41, 5.74) is 11.9. The van der Waals surface area contributed by atoms with Crippen LogP contribution in [0, 0.1) is 0 Å². The second-order valence-electron chi connectivity index (χ2n) is 4.45. The summed E-state index contributed by atoms with van der Waals surface area (Å²) in [6.07, 6.45) is 3.20. The molecule has 0 aromatic heterocycles. The average molecular weight is 241 g/mol. The predicted octanol–water partition coefficient (Wildman–Crippen LogP) is 2.44. The summed E-state index contributed by atoms with van der Waals surface area (Å²) in [6.45, 7) is 0.718. The van der Waals surface area contributed by atoms with Gasteiger partial charge in [-0.3, -0.25) is 4.99 Å². The molecule has 4 N–H and O–H groups in total. The standard InChI is InChI=1S/C15H19N3/c16-15(17)18-10-4-3-5-12-8-9-13-6-1-2-7-14(13)11-12/h1-2,6-9,11H,3-5,10H2,(H4,16,17,18). The molecule has 0 aliphatic carbocycles. The Balaban J connectivity index is 1.90. The maximum absolute atomic E-state index is 5.28. The molecule has 18 heavy (non-hydrogen) atoms. The summed E-state index contributed by atoms with van der Waals surface area (Å²) in [5, 5.41) is 2.60. The minimum atomic E-state index is 0.181. The van der Waals surface area contributed by atoms with E-state index in [0.29, 0.717) is 0 Å². The van der Waals surface area contributed by atoms with E-state index in [0.717, 1.165) is 25.8 Å². The zero-order valence-electron chi connectivity index (χ0n) is 10.5. The fourth-order valence-corrected chi connectivity index (χ4v) is 2.04. The van der Waals surface area contributed by atoms with E-state index in [9.17, 15) is 0 Å². The normalized spacial score (nSPS) is 10.4. The molecule has 0 aliphatic heterocycles. The summed E-state index contributed by atoms with van der Waals surface area (Å²) in [7, 11) is 0. The van der Waals surface area contributed by atoms with Crippen LogP contribution in [0.1, 0.15) is 18.4 Å². The van der Waals surface area contributed by atoms with E-state index < -0.39 is 0 Å². The van der Waals surface area contributed by atoms with E-state index in [-0.39, 0.29) is 5.96 Å². The van der Waals surface area contributed by atoms with Crippen LogP contribution in [0.25, 0.3) is 10.8 Å². The molecular formula is C15H19N3. The Morgan fingerprint density at radius 1 is 0.944 bits per heavy atom. The first-order valence-electron chi connectivity index (χ1n) is 6.29. The number of hydrogen-bond donors (Lipinski definition) is 2. The highest BCUT2D eigenvalue weighted by Crippen LogP contribution is 2.16. The molecule has 0 bridgehead atoms. The molecule has 2 aromatic rings. The van der Waals surface area contributed by atoms with Crippen LogP contribution in [0.4, 0.5) is 0 Å². The first-order valence-corrected chi connectivity index (χ1v) is 6.29. The lowest BCUT2D eigenvalue weighted by Gasteiger charge is -2.03. The molecule has 94 valence electrons. The van der Waals surface area contributed by atoms with Crippen molar-refractivity contribution in [1.29, 1.82) is 0 Å². The molecule has 0 unspecified atom stereocenters. The van der Waals surface area contributed by atoms with Crippen LogP contribution in [0.3, 0.4) is 0 Å². The quantitative estimate of drug-likeness (QED) is 0.479. The largest absolute Gasteiger partial charge is 0.370 e. The monoisotopic (exact) mass is 241 g/mol. The van der Waals surface area contributed by atoms with Crippen LogP contribution in [0.2, 0.25) is 0 Å². The van der Waals surface area contributed by atoms with Crippen molar-refractivity contribution < 1.29 is 0 Å². The number of hydrogen-bond acceptors (Lipinski definition) is 1. The third-order valence-electron chi connectivity index (χ3n) is 2.98. The van der Waals surface area contributed by atoms with Crippen molar-refractivity contribution in [3.05, 3.63) is 48.0 Å². The van der Waals surface area contributed by atoms with Gasteiger partial charge in [-0.25, -0.2) is 0 Å². The Kier molecular flexibility index (Phi) is 4.18. The molecule has 0 saturated heterocycles. The molecule has 0 heterocycles. The molecule has 3 nitrogen and oxygen atoms in total. The fraction of sp³-hybridized carbons (Fsp3) is 0.267. The fourth-order valence-electron chi connectivity index (χ4n) is 2.04. The zero-order chi connectivity index (χ0) is 12.8. The number of aliphatic imine (C=N–C) groups is 1. The number of nitrogens with zero attached hydrogens (tertiary/aromatic N) is 1. The number of fused-ring (bicyclic) bond motifs is 1. The van der Waals surface area contributed by atoms with Crippen molar-refractivity contribution in [3.63, 3.8) is 0 Å². The maximum atomic E-state index is 5.28. The molecule has 3 heteroatoms. The Labute approximate surface area is 108 Å². The number of nitrogens with two attached hydrogens (primary N) is 2. The van der Waals surface area contributed by atoms with Gasteiger partial charge >= 0.3 is 0 Å². The zero-order valence-corrected chi connectivity index (χ0v) is 10.5. The van der Waals surface area contributed by atoms with Crippen molar-refractivity contribution >= 4 is 16.7 Å². The van der Waals surface area contributed by atoms with Crippen LogP contribution in [-0.4, -0.2) is 12.5 Å². The van der Waals surface area contributed by atoms with Gasteiger partial charge in [0.2, 0.25) is 0 Å². The summed E-state index contributed by atoms with van der Waals surface area (Å²) >= 11 is 0. The van der Waals surface area contributed by atoms with Crippen molar-refractivity contribution in [2.75, 3.05) is 6.54 Å². The third-order valence-corrected chi connectivity index (χ3v) is 2.98. The molecule has 0 spiro atoms. The van der Waals surface area contributed by atoms with Gasteiger partial charge in [-0.15, -0.1) is 0 Å². The molecule has 2 aromatic carbocycles. The maximum Gasteiger partial charge on any atom is 0.185 e. The predicted molar refractivity (Wildman–Crippen MR) is 77.6 cm³/mol. The first-order chi connectivity index (χ1) is 8.75. The van der Waals surface area contributed by atoms with E-state index in [1.54, 1.807) is 0 Å². The van der Waals surface area contributed by atoms with Gasteiger partial charge in [0.15, 0.2) is 5.96 Å². The smallest absolute Gasteiger partial charge is 0.185 e. The Morgan fingerprint density at radius 3 is 2.50 bits per heavy atom. The van der Waals surface area contributed by atoms with Gasteiger partial charge in [-0.2, -0.15) is 0 Å². The van der Waals surface area contributed by atoms with Gasteiger partial charge in [0, 0.05) is 6.54 Å². The Morgan fingerprint density at radius 2 is 1.72 bits per heavy atom. The Hall–Kier alpha value is -2.03. The van der Waals surface area contributed by atoms with Gasteiger partial charge < -0.3 is 11.5 Å². The number of guanidine groups is 1. The van der Waals surface area contributed by atoms with Crippen LogP contribution >= 0.6 is 0 Å². The molecule has 0 atom stereocenters. The van der Waals surface area contributed by atoms with E-state index >= 15 is 0 Å². The minimum Gasteiger partial charge on any atom is -0.370 e. The summed E-state index contributed by atoms with van der Waals surface area (Å²) in [5.74, 6) is 0.181. The topological polar surface area (TPSA) is 64.4 Å². The Bertz CT molecular complexity index is 542. The molecule has 0 saturated carbocycles. The van der Waals surface area contributed by atoms with Crippen molar-refractivity contribution in [1.82, 2.24) is 0 Å². The molecule has 0 amide bonds. The van der Waals surface area contributed by atoms with Crippen molar-refractivity contribution in [2.24, 2.45) is 16.5 Å². The van der Waals surface area contributed by atoms with Gasteiger partial charge in [0.05, 0.1) is 0 Å². The first kappa shape index (κ1) is 12.4. The van der Waals surface area contributed by atoms with Gasteiger partial charge in [-0.05, 0) is 35.6 Å². The number of rotatable bonds is 5. The summed E-state index contributed by atoms with van der Waals surface area (Å²) in [6, 6.07) is 15.1. The van der Waals surface area contributed by atoms with E-state index in [1.165, 1.54) is 16.3 Å². The third kappa shape index (κ3) is 3.48. The summed E-state index contributed by atoms with van der Waals surface area (Å²) in [4.78, 5) is 3.98. The minimum absolute atomic E-state index is 0.181. The lowest BCUT2D eigenvalue weighted by Crippen LogP contribution is -2.22. The lowest BCUT2D eigenvalue weighted by atomic mass is 10.0. The second-order valence-corrected chi connectivity index (χ2v) is 4.45. The molecule has 2 rings (SSSR count). The molecule has 0 fully saturated rings. The average Bonchev–Trinajstić information content (AvgIpc) is 2.38. The lowest BCUT2D eigenvalue weighted by molar-refractivity contribution is 0.745. The number of aryl methyl sites for hydroxylation is 1. The number of benzene rings is 2.